The normalized spacial score (nSPS) is 10.6. The van der Waals surface area contributed by atoms with Gasteiger partial charge in [0.25, 0.3) is 0 Å². The first-order valence-electron chi connectivity index (χ1n) is 5.79. The van der Waals surface area contributed by atoms with E-state index in [0.717, 1.165) is 16.1 Å². The Bertz CT molecular complexity index is 598. The van der Waals surface area contributed by atoms with E-state index in [-0.39, 0.29) is 11.7 Å². The van der Waals surface area contributed by atoms with Gasteiger partial charge in [0.2, 0.25) is 5.91 Å². The summed E-state index contributed by atoms with van der Waals surface area (Å²) in [4.78, 5) is 23.4. The lowest BCUT2D eigenvalue weighted by Gasteiger charge is -2.01. The summed E-state index contributed by atoms with van der Waals surface area (Å²) in [6, 6.07) is 11.0. The van der Waals surface area contributed by atoms with E-state index in [4.69, 9.17) is 0 Å². The molecule has 0 radical (unpaired) electrons. The summed E-state index contributed by atoms with van der Waals surface area (Å²) in [5.74, 6) is -0.0999. The van der Waals surface area contributed by atoms with E-state index in [1.807, 2.05) is 23.6 Å². The van der Waals surface area contributed by atoms with Crippen molar-refractivity contribution < 1.29 is 9.59 Å². The fraction of sp³-hybridized carbons (Fsp3) is 0.0667. The molecule has 0 bridgehead atoms. The van der Waals surface area contributed by atoms with Crippen LogP contribution in [0.15, 0.2) is 47.9 Å². The molecule has 0 aliphatic rings. The summed E-state index contributed by atoms with van der Waals surface area (Å²) in [6.07, 6.45) is 3.32. The van der Waals surface area contributed by atoms with Crippen LogP contribution in [0.25, 0.3) is 6.08 Å². The summed E-state index contributed by atoms with van der Waals surface area (Å²) >= 11 is 1.43. The number of nitrogens with one attached hydrogen (secondary N) is 1. The van der Waals surface area contributed by atoms with Crippen molar-refractivity contribution in [2.75, 3.05) is 5.32 Å². The molecular weight excluding hydrogens is 258 g/mol. The van der Waals surface area contributed by atoms with E-state index >= 15 is 0 Å². The highest BCUT2D eigenvalue weighted by atomic mass is 32.1. The quantitative estimate of drug-likeness (QED) is 0.682. The lowest BCUT2D eigenvalue weighted by Crippen LogP contribution is -2.05. The molecule has 0 aliphatic carbocycles. The standard InChI is InChI=1S/C15H13NO2S/c1-11(17)16-13-7-4-12(5-8-13)6-9-14(18)15-3-2-10-19-15/h2-10H,1H3,(H,16,17)/b9-6+. The van der Waals surface area contributed by atoms with Crippen molar-refractivity contribution in [3.05, 3.63) is 58.3 Å². The number of amides is 1. The van der Waals surface area contributed by atoms with Gasteiger partial charge >= 0.3 is 0 Å². The SMILES string of the molecule is CC(=O)Nc1ccc(/C=C/C(=O)c2cccs2)cc1. The van der Waals surface area contributed by atoms with Gasteiger partial charge in [-0.05, 0) is 35.2 Å². The topological polar surface area (TPSA) is 46.2 Å². The molecular formula is C15H13NO2S. The Hall–Kier alpha value is -2.20. The third-order valence-corrected chi connectivity index (χ3v) is 3.31. The number of thiophene rings is 1. The van der Waals surface area contributed by atoms with Crippen molar-refractivity contribution in [1.29, 1.82) is 0 Å². The molecule has 1 amide bonds. The zero-order chi connectivity index (χ0) is 13.7. The van der Waals surface area contributed by atoms with Gasteiger partial charge in [0.1, 0.15) is 0 Å². The third-order valence-electron chi connectivity index (χ3n) is 2.42. The predicted molar refractivity (Wildman–Crippen MR) is 78.4 cm³/mol. The zero-order valence-corrected chi connectivity index (χ0v) is 11.2. The molecule has 0 spiro atoms. The molecule has 4 heteroatoms. The van der Waals surface area contributed by atoms with Crippen molar-refractivity contribution in [3.63, 3.8) is 0 Å². The number of carbonyl (C=O) groups is 2. The van der Waals surface area contributed by atoms with Crippen LogP contribution >= 0.6 is 11.3 Å². The minimum atomic E-state index is -0.101. The van der Waals surface area contributed by atoms with Gasteiger partial charge < -0.3 is 5.32 Å². The molecule has 2 aromatic rings. The molecule has 0 aliphatic heterocycles. The molecule has 1 N–H and O–H groups in total. The van der Waals surface area contributed by atoms with E-state index in [1.54, 1.807) is 30.4 Å². The molecule has 96 valence electrons. The maximum atomic E-state index is 11.8. The molecule has 0 saturated heterocycles. The smallest absolute Gasteiger partial charge is 0.221 e. The number of ketones is 1. The fourth-order valence-electron chi connectivity index (χ4n) is 1.55. The average molecular weight is 271 g/mol. The molecule has 19 heavy (non-hydrogen) atoms. The van der Waals surface area contributed by atoms with Crippen LogP contribution < -0.4 is 5.32 Å². The second-order valence-corrected chi connectivity index (χ2v) is 4.93. The lowest BCUT2D eigenvalue weighted by molar-refractivity contribution is -0.114. The first-order valence-corrected chi connectivity index (χ1v) is 6.67. The van der Waals surface area contributed by atoms with Crippen LogP contribution in [0.2, 0.25) is 0 Å². The Labute approximate surface area is 115 Å². The van der Waals surface area contributed by atoms with Crippen LogP contribution in [0.3, 0.4) is 0 Å². The number of carbonyl (C=O) groups excluding carboxylic acids is 2. The molecule has 1 aromatic carbocycles. The number of allylic oxidation sites excluding steroid dienone is 1. The highest BCUT2D eigenvalue weighted by Crippen LogP contribution is 2.13. The number of hydrogen-bond donors (Lipinski definition) is 1. The molecule has 0 fully saturated rings. The average Bonchev–Trinajstić information content (AvgIpc) is 2.91. The first kappa shape index (κ1) is 13.2. The van der Waals surface area contributed by atoms with E-state index in [1.165, 1.54) is 18.3 Å². The molecule has 3 nitrogen and oxygen atoms in total. The molecule has 0 saturated carbocycles. The number of benzene rings is 1. The van der Waals surface area contributed by atoms with E-state index in [9.17, 15) is 9.59 Å². The van der Waals surface area contributed by atoms with Gasteiger partial charge in [0.05, 0.1) is 4.88 Å². The van der Waals surface area contributed by atoms with Gasteiger partial charge in [-0.25, -0.2) is 0 Å². The number of rotatable bonds is 4. The summed E-state index contributed by atoms with van der Waals surface area (Å²) in [5.41, 5.74) is 1.66. The van der Waals surface area contributed by atoms with Gasteiger partial charge in [-0.2, -0.15) is 0 Å². The van der Waals surface area contributed by atoms with E-state index in [2.05, 4.69) is 5.32 Å². The van der Waals surface area contributed by atoms with Crippen LogP contribution in [0.5, 0.6) is 0 Å². The Kier molecular flexibility index (Phi) is 4.26. The minimum Gasteiger partial charge on any atom is -0.326 e. The molecule has 0 atom stereocenters. The number of hydrogen-bond acceptors (Lipinski definition) is 3. The van der Waals surface area contributed by atoms with E-state index in [0.29, 0.717) is 0 Å². The van der Waals surface area contributed by atoms with Crippen LogP contribution in [0.4, 0.5) is 5.69 Å². The Morgan fingerprint density at radius 2 is 1.89 bits per heavy atom. The van der Waals surface area contributed by atoms with E-state index < -0.39 is 0 Å². The molecule has 2 rings (SSSR count). The Balaban J connectivity index is 2.03. The third kappa shape index (κ3) is 3.89. The van der Waals surface area contributed by atoms with Crippen molar-refractivity contribution >= 4 is 34.8 Å². The maximum Gasteiger partial charge on any atom is 0.221 e. The van der Waals surface area contributed by atoms with Gasteiger partial charge in [0.15, 0.2) is 5.78 Å². The molecule has 1 heterocycles. The van der Waals surface area contributed by atoms with Crippen LogP contribution in [-0.2, 0) is 4.79 Å². The summed E-state index contributed by atoms with van der Waals surface area (Å²) in [6.45, 7) is 1.47. The molecule has 0 unspecified atom stereocenters. The van der Waals surface area contributed by atoms with Crippen LogP contribution in [0.1, 0.15) is 22.2 Å². The van der Waals surface area contributed by atoms with Crippen molar-refractivity contribution in [3.8, 4) is 0 Å². The summed E-state index contributed by atoms with van der Waals surface area (Å²) < 4.78 is 0. The highest BCUT2D eigenvalue weighted by molar-refractivity contribution is 7.12. The Morgan fingerprint density at radius 3 is 2.47 bits per heavy atom. The van der Waals surface area contributed by atoms with Crippen LogP contribution in [0, 0.1) is 0 Å². The second-order valence-electron chi connectivity index (χ2n) is 3.98. The summed E-state index contributed by atoms with van der Waals surface area (Å²) in [5, 5.41) is 4.57. The van der Waals surface area contributed by atoms with Crippen molar-refractivity contribution in [2.24, 2.45) is 0 Å². The van der Waals surface area contributed by atoms with Crippen molar-refractivity contribution in [2.45, 2.75) is 6.92 Å². The van der Waals surface area contributed by atoms with Crippen LogP contribution in [-0.4, -0.2) is 11.7 Å². The largest absolute Gasteiger partial charge is 0.326 e. The lowest BCUT2D eigenvalue weighted by atomic mass is 10.1. The van der Waals surface area contributed by atoms with Gasteiger partial charge in [-0.3, -0.25) is 9.59 Å². The Morgan fingerprint density at radius 1 is 1.16 bits per heavy atom. The zero-order valence-electron chi connectivity index (χ0n) is 10.4. The maximum absolute atomic E-state index is 11.8. The van der Waals surface area contributed by atoms with Gasteiger partial charge in [-0.15, -0.1) is 11.3 Å². The summed E-state index contributed by atoms with van der Waals surface area (Å²) in [7, 11) is 0. The second kappa shape index (κ2) is 6.11. The van der Waals surface area contributed by atoms with Gasteiger partial charge in [0, 0.05) is 12.6 Å². The molecule has 1 aromatic heterocycles. The van der Waals surface area contributed by atoms with Gasteiger partial charge in [-0.1, -0.05) is 24.3 Å². The number of anilines is 1. The highest BCUT2D eigenvalue weighted by Gasteiger charge is 2.01. The van der Waals surface area contributed by atoms with Crippen molar-refractivity contribution in [1.82, 2.24) is 0 Å². The first-order chi connectivity index (χ1) is 9.15. The fourth-order valence-corrected chi connectivity index (χ4v) is 2.20. The predicted octanol–water partition coefficient (Wildman–Crippen LogP) is 3.60. The monoisotopic (exact) mass is 271 g/mol. The minimum absolute atomic E-state index is 0.000868.